The second-order valence-electron chi connectivity index (χ2n) is 5.59. The summed E-state index contributed by atoms with van der Waals surface area (Å²) in [5.41, 5.74) is 2.35. The van der Waals surface area contributed by atoms with Gasteiger partial charge in [0.25, 0.3) is 0 Å². The summed E-state index contributed by atoms with van der Waals surface area (Å²) >= 11 is 6.21. The van der Waals surface area contributed by atoms with Gasteiger partial charge in [-0.05, 0) is 37.1 Å². The fourth-order valence-electron chi connectivity index (χ4n) is 2.46. The van der Waals surface area contributed by atoms with Crippen LogP contribution in [0, 0.1) is 0 Å². The minimum atomic E-state index is -0.0106. The molecular formula is C18H18ClN5O. The Hall–Kier alpha value is -2.73. The summed E-state index contributed by atoms with van der Waals surface area (Å²) < 4.78 is 1.61. The Morgan fingerprint density at radius 3 is 2.84 bits per heavy atom. The molecule has 0 aliphatic rings. The van der Waals surface area contributed by atoms with Gasteiger partial charge in [-0.15, -0.1) is 0 Å². The molecular weight excluding hydrogens is 338 g/mol. The van der Waals surface area contributed by atoms with Crippen LogP contribution in [-0.4, -0.2) is 32.7 Å². The average Bonchev–Trinajstić information content (AvgIpc) is 3.04. The highest BCUT2D eigenvalue weighted by Crippen LogP contribution is 2.25. The molecule has 3 aromatic heterocycles. The van der Waals surface area contributed by atoms with Gasteiger partial charge in [0.1, 0.15) is 5.69 Å². The second-order valence-corrected chi connectivity index (χ2v) is 5.95. The van der Waals surface area contributed by atoms with E-state index < -0.39 is 0 Å². The van der Waals surface area contributed by atoms with Gasteiger partial charge in [-0.1, -0.05) is 17.7 Å². The van der Waals surface area contributed by atoms with Gasteiger partial charge < -0.3 is 4.90 Å². The van der Waals surface area contributed by atoms with Gasteiger partial charge in [0.05, 0.1) is 18.1 Å². The zero-order chi connectivity index (χ0) is 17.6. The first kappa shape index (κ1) is 17.1. The van der Waals surface area contributed by atoms with Gasteiger partial charge in [0, 0.05) is 31.6 Å². The Morgan fingerprint density at radius 2 is 2.12 bits per heavy atom. The van der Waals surface area contributed by atoms with Crippen molar-refractivity contribution >= 4 is 23.2 Å². The molecule has 25 heavy (non-hydrogen) atoms. The van der Waals surface area contributed by atoms with Crippen LogP contribution in [0.1, 0.15) is 18.5 Å². The summed E-state index contributed by atoms with van der Waals surface area (Å²) in [7, 11) is 1.71. The number of aromatic nitrogens is 4. The van der Waals surface area contributed by atoms with E-state index in [2.05, 4.69) is 15.1 Å². The summed E-state index contributed by atoms with van der Waals surface area (Å²) in [4.78, 5) is 22.3. The van der Waals surface area contributed by atoms with Crippen LogP contribution in [0.5, 0.6) is 0 Å². The van der Waals surface area contributed by atoms with Crippen molar-refractivity contribution in [2.75, 3.05) is 11.9 Å². The summed E-state index contributed by atoms with van der Waals surface area (Å²) in [6.07, 6.45) is 8.78. The van der Waals surface area contributed by atoms with Crippen LogP contribution in [-0.2, 0) is 11.2 Å². The monoisotopic (exact) mass is 355 g/mol. The first-order valence-corrected chi connectivity index (χ1v) is 8.35. The molecule has 0 radical (unpaired) electrons. The maximum absolute atomic E-state index is 12.4. The first-order valence-electron chi connectivity index (χ1n) is 7.97. The Labute approximate surface area is 151 Å². The average molecular weight is 356 g/mol. The Bertz CT molecular complexity index is 835. The molecule has 0 saturated heterocycles. The molecule has 0 aliphatic carbocycles. The molecule has 0 aliphatic heterocycles. The lowest BCUT2D eigenvalue weighted by atomic mass is 10.1. The lowest BCUT2D eigenvalue weighted by Gasteiger charge is -2.15. The van der Waals surface area contributed by atoms with Crippen LogP contribution in [0.15, 0.2) is 55.1 Å². The van der Waals surface area contributed by atoms with Crippen molar-refractivity contribution in [2.45, 2.75) is 19.3 Å². The summed E-state index contributed by atoms with van der Waals surface area (Å²) in [6, 6.07) is 9.47. The standard InChI is InChI=1S/C18H18ClN5O/c1-23(17(25)9-4-7-14-6-2-3-11-21-14)16-13-24(22-18(16)19)15-8-5-10-20-12-15/h2-3,5-6,8,10-13H,4,7,9H2,1H3. The van der Waals surface area contributed by atoms with Crippen LogP contribution in [0.2, 0.25) is 5.15 Å². The molecule has 0 atom stereocenters. The molecule has 0 saturated carbocycles. The van der Waals surface area contributed by atoms with Crippen LogP contribution < -0.4 is 4.90 Å². The van der Waals surface area contributed by atoms with Gasteiger partial charge in [0.15, 0.2) is 5.15 Å². The molecule has 3 heterocycles. The summed E-state index contributed by atoms with van der Waals surface area (Å²) in [5.74, 6) is -0.0106. The third-order valence-electron chi connectivity index (χ3n) is 3.85. The molecule has 3 rings (SSSR count). The highest BCUT2D eigenvalue weighted by molar-refractivity contribution is 6.32. The van der Waals surface area contributed by atoms with Crippen molar-refractivity contribution in [1.29, 1.82) is 0 Å². The maximum Gasteiger partial charge on any atom is 0.226 e. The van der Waals surface area contributed by atoms with Crippen LogP contribution in [0.3, 0.4) is 0 Å². The lowest BCUT2D eigenvalue weighted by Crippen LogP contribution is -2.26. The van der Waals surface area contributed by atoms with E-state index in [1.54, 1.807) is 41.4 Å². The SMILES string of the molecule is CN(C(=O)CCCc1ccccn1)c1cn(-c2cccnc2)nc1Cl. The number of rotatable bonds is 6. The quantitative estimate of drug-likeness (QED) is 0.680. The van der Waals surface area contributed by atoms with Crippen molar-refractivity contribution < 1.29 is 4.79 Å². The number of hydrogen-bond donors (Lipinski definition) is 0. The number of anilines is 1. The van der Waals surface area contributed by atoms with Crippen molar-refractivity contribution in [3.63, 3.8) is 0 Å². The fourth-order valence-corrected chi connectivity index (χ4v) is 2.72. The van der Waals surface area contributed by atoms with E-state index in [9.17, 15) is 4.79 Å². The molecule has 7 heteroatoms. The van der Waals surface area contributed by atoms with E-state index in [1.807, 2.05) is 30.3 Å². The highest BCUT2D eigenvalue weighted by Gasteiger charge is 2.17. The molecule has 3 aromatic rings. The second kappa shape index (κ2) is 7.90. The molecule has 0 fully saturated rings. The summed E-state index contributed by atoms with van der Waals surface area (Å²) in [5, 5.41) is 4.53. The lowest BCUT2D eigenvalue weighted by molar-refractivity contribution is -0.118. The normalized spacial score (nSPS) is 10.6. The number of amides is 1. The third-order valence-corrected chi connectivity index (χ3v) is 4.12. The van der Waals surface area contributed by atoms with E-state index in [0.29, 0.717) is 12.1 Å². The number of nitrogens with zero attached hydrogens (tertiary/aromatic N) is 5. The number of carbonyl (C=O) groups is 1. The predicted molar refractivity (Wildman–Crippen MR) is 97.0 cm³/mol. The first-order chi connectivity index (χ1) is 12.1. The van der Waals surface area contributed by atoms with Gasteiger partial charge in [-0.3, -0.25) is 14.8 Å². The molecule has 1 amide bonds. The molecule has 128 valence electrons. The van der Waals surface area contributed by atoms with E-state index >= 15 is 0 Å². The zero-order valence-corrected chi connectivity index (χ0v) is 14.6. The fraction of sp³-hybridized carbons (Fsp3) is 0.222. The van der Waals surface area contributed by atoms with Crippen LogP contribution in [0.25, 0.3) is 5.69 Å². The van der Waals surface area contributed by atoms with Crippen molar-refractivity contribution in [3.8, 4) is 5.69 Å². The largest absolute Gasteiger partial charge is 0.311 e. The third kappa shape index (κ3) is 4.22. The molecule has 0 unspecified atom stereocenters. The zero-order valence-electron chi connectivity index (χ0n) is 13.8. The molecule has 0 spiro atoms. The van der Waals surface area contributed by atoms with Gasteiger partial charge in [-0.25, -0.2) is 4.68 Å². The number of carbonyl (C=O) groups excluding carboxylic acids is 1. The summed E-state index contributed by atoms with van der Waals surface area (Å²) in [6.45, 7) is 0. The molecule has 0 aromatic carbocycles. The minimum Gasteiger partial charge on any atom is -0.311 e. The minimum absolute atomic E-state index is 0.0106. The topological polar surface area (TPSA) is 63.9 Å². The van der Waals surface area contributed by atoms with Crippen molar-refractivity contribution in [2.24, 2.45) is 0 Å². The number of pyridine rings is 2. The molecule has 6 nitrogen and oxygen atoms in total. The van der Waals surface area contributed by atoms with Crippen molar-refractivity contribution in [1.82, 2.24) is 19.7 Å². The highest BCUT2D eigenvalue weighted by atomic mass is 35.5. The maximum atomic E-state index is 12.4. The van der Waals surface area contributed by atoms with Crippen LogP contribution in [0.4, 0.5) is 5.69 Å². The number of hydrogen-bond acceptors (Lipinski definition) is 4. The van der Waals surface area contributed by atoms with E-state index in [1.165, 1.54) is 0 Å². The van der Waals surface area contributed by atoms with E-state index in [0.717, 1.165) is 24.2 Å². The van der Waals surface area contributed by atoms with E-state index in [4.69, 9.17) is 11.6 Å². The Kier molecular flexibility index (Phi) is 5.40. The van der Waals surface area contributed by atoms with Gasteiger partial charge in [-0.2, -0.15) is 5.10 Å². The molecule has 0 N–H and O–H groups in total. The predicted octanol–water partition coefficient (Wildman–Crippen LogP) is 3.30. The van der Waals surface area contributed by atoms with Gasteiger partial charge in [0.2, 0.25) is 5.91 Å². The number of halogens is 1. The number of aryl methyl sites for hydroxylation is 1. The Balaban J connectivity index is 1.63. The Morgan fingerprint density at radius 1 is 1.24 bits per heavy atom. The smallest absolute Gasteiger partial charge is 0.226 e. The van der Waals surface area contributed by atoms with E-state index in [-0.39, 0.29) is 11.1 Å². The molecule has 0 bridgehead atoms. The van der Waals surface area contributed by atoms with Crippen LogP contribution >= 0.6 is 11.6 Å². The van der Waals surface area contributed by atoms with Gasteiger partial charge >= 0.3 is 0 Å². The van der Waals surface area contributed by atoms with Crippen molar-refractivity contribution in [3.05, 3.63) is 66.0 Å².